The van der Waals surface area contributed by atoms with Crippen molar-refractivity contribution >= 4 is 11.2 Å². The Balaban J connectivity index is 1.26. The maximum Gasteiger partial charge on any atom is 0.182 e. The fourth-order valence-electron chi connectivity index (χ4n) is 5.92. The maximum absolute atomic E-state index is 14.9. The minimum atomic E-state index is -0.688. The van der Waals surface area contributed by atoms with Crippen molar-refractivity contribution in [2.45, 2.75) is 63.5 Å². The highest BCUT2D eigenvalue weighted by atomic mass is 19.1. The minimum absolute atomic E-state index is 0.00267. The molecule has 2 atom stereocenters. The summed E-state index contributed by atoms with van der Waals surface area (Å²) >= 11 is 0. The summed E-state index contributed by atoms with van der Waals surface area (Å²) in [5.74, 6) is 0.135. The van der Waals surface area contributed by atoms with Gasteiger partial charge in [-0.1, -0.05) is 0 Å². The number of aryl methyl sites for hydroxylation is 2. The first-order valence-corrected chi connectivity index (χ1v) is 12.5. The number of aromatic nitrogens is 6. The van der Waals surface area contributed by atoms with E-state index in [0.29, 0.717) is 35.7 Å². The van der Waals surface area contributed by atoms with Crippen molar-refractivity contribution < 1.29 is 13.5 Å². The van der Waals surface area contributed by atoms with E-state index in [1.165, 1.54) is 31.4 Å². The van der Waals surface area contributed by atoms with Crippen molar-refractivity contribution in [1.82, 2.24) is 29.7 Å². The number of fused-ring (bicyclic) bond motifs is 1. The van der Waals surface area contributed by atoms with Crippen molar-refractivity contribution in [3.05, 3.63) is 65.0 Å². The molecule has 1 aliphatic heterocycles. The van der Waals surface area contributed by atoms with E-state index >= 15 is 0 Å². The lowest BCUT2D eigenvalue weighted by Crippen LogP contribution is -2.59. The zero-order valence-corrected chi connectivity index (χ0v) is 20.2. The van der Waals surface area contributed by atoms with Gasteiger partial charge >= 0.3 is 0 Å². The Bertz CT molecular complexity index is 1500. The fraction of sp³-hybridized carbons (Fsp3) is 0.444. The molecule has 0 unspecified atom stereocenters. The van der Waals surface area contributed by atoms with Crippen LogP contribution in [0.1, 0.15) is 66.9 Å². The van der Waals surface area contributed by atoms with E-state index < -0.39 is 11.6 Å². The third kappa shape index (κ3) is 3.36. The van der Waals surface area contributed by atoms with Crippen LogP contribution in [0.2, 0.25) is 0 Å². The molecule has 2 bridgehead atoms. The molecule has 3 aromatic heterocycles. The quantitative estimate of drug-likeness (QED) is 0.387. The third-order valence-corrected chi connectivity index (χ3v) is 8.26. The molecule has 0 amide bonds. The van der Waals surface area contributed by atoms with Gasteiger partial charge in [0.2, 0.25) is 0 Å². The van der Waals surface area contributed by atoms with Gasteiger partial charge in [0.1, 0.15) is 28.7 Å². The smallest absolute Gasteiger partial charge is 0.182 e. The molecule has 0 N–H and O–H groups in total. The second-order valence-corrected chi connectivity index (χ2v) is 10.6. The third-order valence-electron chi connectivity index (χ3n) is 8.26. The molecule has 4 aliphatic rings. The first kappa shape index (κ1) is 21.9. The van der Waals surface area contributed by atoms with Crippen LogP contribution in [-0.4, -0.2) is 36.3 Å². The normalized spacial score (nSPS) is 27.1. The number of nitrogens with zero attached hydrogens (tertiary/aromatic N) is 6. The van der Waals surface area contributed by atoms with Gasteiger partial charge in [-0.3, -0.25) is 4.68 Å². The Hall–Kier alpha value is -3.33. The van der Waals surface area contributed by atoms with Crippen molar-refractivity contribution in [3.8, 4) is 11.3 Å². The number of hydrogen-bond acceptors (Lipinski definition) is 6. The lowest BCUT2D eigenvalue weighted by Gasteiger charge is -2.61. The van der Waals surface area contributed by atoms with Crippen LogP contribution in [0.5, 0.6) is 0 Å². The molecule has 0 spiro atoms. The standard InChI is InChI=1S/C27H26F2N6O/c1-14-15(2)32-26-24(31-14)23(20-4-3-19(28)8-21(20)29)33-25(34-26)17-5-6-36-22(7-17)18-12-30-35(13-18)27-9-16(10-27)11-27/h3-4,8,12-13,16-17,22H,5-7,9-11H2,1-2H3/t16?,17-,22-,27?/m0/s1. The van der Waals surface area contributed by atoms with Gasteiger partial charge in [-0.05, 0) is 64.0 Å². The summed E-state index contributed by atoms with van der Waals surface area (Å²) in [6.07, 6.45) is 9.08. The first-order valence-electron chi connectivity index (χ1n) is 12.5. The lowest BCUT2D eigenvalue weighted by molar-refractivity contribution is -0.0980. The van der Waals surface area contributed by atoms with Crippen LogP contribution in [0, 0.1) is 31.4 Å². The van der Waals surface area contributed by atoms with E-state index in [0.717, 1.165) is 35.4 Å². The van der Waals surface area contributed by atoms with Crippen LogP contribution in [0.15, 0.2) is 30.6 Å². The predicted octanol–water partition coefficient (Wildman–Crippen LogP) is 5.32. The maximum atomic E-state index is 14.9. The van der Waals surface area contributed by atoms with Crippen molar-refractivity contribution in [3.63, 3.8) is 0 Å². The van der Waals surface area contributed by atoms with Crippen LogP contribution < -0.4 is 0 Å². The topological polar surface area (TPSA) is 78.6 Å². The highest BCUT2D eigenvalue weighted by molar-refractivity contribution is 5.87. The molecule has 36 heavy (non-hydrogen) atoms. The molecule has 8 rings (SSSR count). The van der Waals surface area contributed by atoms with Crippen LogP contribution in [0.25, 0.3) is 22.4 Å². The molecule has 4 fully saturated rings. The van der Waals surface area contributed by atoms with Crippen LogP contribution in [0.4, 0.5) is 8.78 Å². The van der Waals surface area contributed by atoms with Gasteiger partial charge in [0.05, 0.1) is 29.2 Å². The van der Waals surface area contributed by atoms with Gasteiger partial charge in [0.25, 0.3) is 0 Å². The number of halogens is 2. The fourth-order valence-corrected chi connectivity index (χ4v) is 5.92. The second-order valence-electron chi connectivity index (χ2n) is 10.6. The first-order chi connectivity index (χ1) is 17.4. The average Bonchev–Trinajstić information content (AvgIpc) is 3.27. The molecule has 0 radical (unpaired) electrons. The largest absolute Gasteiger partial charge is 0.373 e. The number of ether oxygens (including phenoxy) is 1. The molecular weight excluding hydrogens is 462 g/mol. The summed E-state index contributed by atoms with van der Waals surface area (Å²) in [7, 11) is 0. The number of benzene rings is 1. The Kier molecular flexibility index (Phi) is 4.77. The van der Waals surface area contributed by atoms with Crippen molar-refractivity contribution in [2.75, 3.05) is 6.61 Å². The zero-order chi connectivity index (χ0) is 24.6. The zero-order valence-electron chi connectivity index (χ0n) is 20.2. The van der Waals surface area contributed by atoms with Gasteiger partial charge in [-0.15, -0.1) is 0 Å². The average molecular weight is 489 g/mol. The van der Waals surface area contributed by atoms with Gasteiger partial charge in [0, 0.05) is 35.9 Å². The van der Waals surface area contributed by atoms with Crippen LogP contribution in [-0.2, 0) is 10.3 Å². The number of hydrogen-bond donors (Lipinski definition) is 0. The molecule has 4 heterocycles. The summed E-state index contributed by atoms with van der Waals surface area (Å²) in [6, 6.07) is 3.50. The van der Waals surface area contributed by atoms with Crippen molar-refractivity contribution in [1.29, 1.82) is 0 Å². The summed E-state index contributed by atoms with van der Waals surface area (Å²) in [4.78, 5) is 18.8. The van der Waals surface area contributed by atoms with E-state index in [1.807, 2.05) is 20.0 Å². The highest BCUT2D eigenvalue weighted by Crippen LogP contribution is 2.62. The lowest BCUT2D eigenvalue weighted by atomic mass is 9.50. The Morgan fingerprint density at radius 2 is 1.83 bits per heavy atom. The molecular formula is C27H26F2N6O. The minimum Gasteiger partial charge on any atom is -0.373 e. The highest BCUT2D eigenvalue weighted by Gasteiger charge is 2.58. The molecule has 3 aliphatic carbocycles. The van der Waals surface area contributed by atoms with E-state index in [1.54, 1.807) is 0 Å². The summed E-state index contributed by atoms with van der Waals surface area (Å²) in [5, 5.41) is 4.67. The van der Waals surface area contributed by atoms with E-state index in [-0.39, 0.29) is 23.1 Å². The molecule has 1 saturated heterocycles. The molecule has 184 valence electrons. The van der Waals surface area contributed by atoms with E-state index in [4.69, 9.17) is 14.7 Å². The van der Waals surface area contributed by atoms with Gasteiger partial charge < -0.3 is 4.74 Å². The van der Waals surface area contributed by atoms with Gasteiger partial charge in [-0.2, -0.15) is 5.10 Å². The van der Waals surface area contributed by atoms with Crippen LogP contribution in [0.3, 0.4) is 0 Å². The second kappa shape index (κ2) is 7.83. The summed E-state index contributed by atoms with van der Waals surface area (Å²) in [5.41, 5.74) is 4.13. The molecule has 4 aromatic rings. The molecule has 9 heteroatoms. The molecule has 3 saturated carbocycles. The Morgan fingerprint density at radius 3 is 2.58 bits per heavy atom. The van der Waals surface area contributed by atoms with E-state index in [2.05, 4.69) is 25.9 Å². The predicted molar refractivity (Wildman–Crippen MR) is 128 cm³/mol. The number of rotatable bonds is 4. The summed E-state index contributed by atoms with van der Waals surface area (Å²) in [6.45, 7) is 4.28. The Morgan fingerprint density at radius 1 is 1.03 bits per heavy atom. The SMILES string of the molecule is Cc1nc2nc([C@H]3CCO[C@H](c4cnn(C56CC(C5)C6)c4)C3)nc(-c3ccc(F)cc3F)c2nc1C. The summed E-state index contributed by atoms with van der Waals surface area (Å²) < 4.78 is 36.8. The van der Waals surface area contributed by atoms with E-state index in [9.17, 15) is 8.78 Å². The van der Waals surface area contributed by atoms with Crippen molar-refractivity contribution in [2.24, 2.45) is 5.92 Å². The Labute approximate surface area is 207 Å². The molecule has 1 aromatic carbocycles. The van der Waals surface area contributed by atoms with Crippen LogP contribution >= 0.6 is 0 Å². The monoisotopic (exact) mass is 488 g/mol. The van der Waals surface area contributed by atoms with Gasteiger partial charge in [-0.25, -0.2) is 28.7 Å². The van der Waals surface area contributed by atoms with Gasteiger partial charge in [0.15, 0.2) is 5.65 Å². The molecule has 7 nitrogen and oxygen atoms in total.